The van der Waals surface area contributed by atoms with Crippen LogP contribution in [0, 0.1) is 11.8 Å². The first-order chi connectivity index (χ1) is 10.9. The molecule has 0 spiro atoms. The zero-order valence-electron chi connectivity index (χ0n) is 16.3. The molecule has 2 aliphatic rings. The molecule has 1 atom stereocenters. The summed E-state index contributed by atoms with van der Waals surface area (Å²) in [6.45, 7) is 17.7. The average molecular weight is 325 g/mol. The molecular weight excluding hydrogens is 284 g/mol. The van der Waals surface area contributed by atoms with Crippen LogP contribution in [-0.2, 0) is 4.74 Å². The van der Waals surface area contributed by atoms with E-state index in [1.165, 1.54) is 64.8 Å². The Morgan fingerprint density at radius 1 is 0.870 bits per heavy atom. The van der Waals surface area contributed by atoms with Crippen molar-refractivity contribution in [3.05, 3.63) is 0 Å². The van der Waals surface area contributed by atoms with Crippen LogP contribution >= 0.6 is 0 Å². The molecule has 1 heterocycles. The largest absolute Gasteiger partial charge is 0.376 e. The number of nitrogens with zero attached hydrogens (tertiary/aromatic N) is 2. The summed E-state index contributed by atoms with van der Waals surface area (Å²) in [4.78, 5) is 5.30. The van der Waals surface area contributed by atoms with Crippen molar-refractivity contribution < 1.29 is 4.74 Å². The van der Waals surface area contributed by atoms with E-state index in [-0.39, 0.29) is 0 Å². The number of rotatable bonds is 7. The average Bonchev–Trinajstić information content (AvgIpc) is 2.49. The van der Waals surface area contributed by atoms with Crippen molar-refractivity contribution >= 4 is 0 Å². The quantitative estimate of drug-likeness (QED) is 0.703. The lowest BCUT2D eigenvalue weighted by molar-refractivity contribution is -0.0216. The van der Waals surface area contributed by atoms with Crippen LogP contribution in [0.4, 0.5) is 0 Å². The van der Waals surface area contributed by atoms with Crippen molar-refractivity contribution in [3.8, 4) is 0 Å². The molecule has 0 aromatic rings. The van der Waals surface area contributed by atoms with Crippen molar-refractivity contribution in [1.82, 2.24) is 9.80 Å². The molecule has 1 aliphatic carbocycles. The van der Waals surface area contributed by atoms with Gasteiger partial charge in [-0.2, -0.15) is 0 Å². The number of hydrogen-bond donors (Lipinski definition) is 0. The third-order valence-corrected chi connectivity index (χ3v) is 5.70. The first kappa shape index (κ1) is 19.2. The summed E-state index contributed by atoms with van der Waals surface area (Å²) in [5, 5.41) is 0. The number of ether oxygens (including phenoxy) is 1. The molecule has 2 fully saturated rings. The van der Waals surface area contributed by atoms with Gasteiger partial charge in [0.2, 0.25) is 0 Å². The highest BCUT2D eigenvalue weighted by molar-refractivity contribution is 4.78. The number of piperazine rings is 1. The van der Waals surface area contributed by atoms with Crippen molar-refractivity contribution in [3.63, 3.8) is 0 Å². The smallest absolute Gasteiger partial charge is 0.0578 e. The maximum absolute atomic E-state index is 5.98. The van der Waals surface area contributed by atoms with Crippen LogP contribution < -0.4 is 0 Å². The Bertz CT molecular complexity index is 316. The van der Waals surface area contributed by atoms with E-state index in [4.69, 9.17) is 4.74 Å². The number of hydrogen-bond acceptors (Lipinski definition) is 3. The zero-order valence-corrected chi connectivity index (χ0v) is 16.3. The maximum Gasteiger partial charge on any atom is 0.0578 e. The van der Waals surface area contributed by atoms with Crippen LogP contribution in [0.5, 0.6) is 0 Å². The molecule has 0 amide bonds. The van der Waals surface area contributed by atoms with Crippen LogP contribution in [0.15, 0.2) is 0 Å². The van der Waals surface area contributed by atoms with E-state index in [2.05, 4.69) is 44.4 Å². The predicted octanol–water partition coefficient (Wildman–Crippen LogP) is 4.02. The monoisotopic (exact) mass is 324 g/mol. The summed E-state index contributed by atoms with van der Waals surface area (Å²) in [6, 6.07) is 0.706. The summed E-state index contributed by atoms with van der Waals surface area (Å²) in [5.74, 6) is 1.78. The van der Waals surface area contributed by atoms with E-state index >= 15 is 0 Å². The lowest BCUT2D eigenvalue weighted by Gasteiger charge is -2.38. The lowest BCUT2D eigenvalue weighted by Crippen LogP contribution is -2.49. The first-order valence-electron chi connectivity index (χ1n) is 10.1. The summed E-state index contributed by atoms with van der Waals surface area (Å²) in [5.41, 5.74) is 0. The molecule has 0 aromatic heterocycles. The molecule has 136 valence electrons. The molecule has 0 N–H and O–H groups in total. The predicted molar refractivity (Wildman–Crippen MR) is 98.9 cm³/mol. The second kappa shape index (κ2) is 9.39. The topological polar surface area (TPSA) is 15.7 Å². The van der Waals surface area contributed by atoms with E-state index < -0.39 is 0 Å². The highest BCUT2D eigenvalue weighted by Gasteiger charge is 2.25. The third kappa shape index (κ3) is 6.72. The summed E-state index contributed by atoms with van der Waals surface area (Å²) in [7, 11) is 0. The van der Waals surface area contributed by atoms with Gasteiger partial charge in [-0.05, 0) is 71.6 Å². The van der Waals surface area contributed by atoms with Gasteiger partial charge >= 0.3 is 0 Å². The van der Waals surface area contributed by atoms with Gasteiger partial charge in [0, 0.05) is 38.8 Å². The van der Waals surface area contributed by atoms with Crippen molar-refractivity contribution in [2.75, 3.05) is 32.7 Å². The normalized spacial score (nSPS) is 29.3. The fraction of sp³-hybridized carbons (Fsp3) is 1.00. The fourth-order valence-electron chi connectivity index (χ4n) is 4.44. The SMILES string of the molecule is CC(CC1CCC(OC(C)C)CC1)CN1CCN(C(C)C)CC1. The van der Waals surface area contributed by atoms with Gasteiger partial charge in [0.05, 0.1) is 12.2 Å². The zero-order chi connectivity index (χ0) is 16.8. The summed E-state index contributed by atoms with van der Waals surface area (Å²) < 4.78 is 5.98. The van der Waals surface area contributed by atoms with E-state index in [0.29, 0.717) is 18.2 Å². The minimum absolute atomic E-state index is 0.389. The van der Waals surface area contributed by atoms with Gasteiger partial charge in [0.1, 0.15) is 0 Å². The van der Waals surface area contributed by atoms with Crippen LogP contribution in [0.2, 0.25) is 0 Å². The molecule has 0 aromatic carbocycles. The second-order valence-electron chi connectivity index (χ2n) is 8.60. The summed E-state index contributed by atoms with van der Waals surface area (Å²) in [6.07, 6.45) is 7.65. The Hall–Kier alpha value is -0.120. The Kier molecular flexibility index (Phi) is 7.84. The highest BCUT2D eigenvalue weighted by atomic mass is 16.5. The van der Waals surface area contributed by atoms with E-state index in [9.17, 15) is 0 Å². The Labute approximate surface area is 144 Å². The molecule has 0 radical (unpaired) electrons. The van der Waals surface area contributed by atoms with Crippen molar-refractivity contribution in [1.29, 1.82) is 0 Å². The Morgan fingerprint density at radius 3 is 2.00 bits per heavy atom. The minimum Gasteiger partial charge on any atom is -0.376 e. The molecule has 1 aliphatic heterocycles. The maximum atomic E-state index is 5.98. The van der Waals surface area contributed by atoms with Gasteiger partial charge in [0.15, 0.2) is 0 Å². The standard InChI is InChI=1S/C20H40N2O/c1-16(2)22-12-10-21(11-13-22)15-18(5)14-19-6-8-20(9-7-19)23-17(3)4/h16-20H,6-15H2,1-5H3. The first-order valence-corrected chi connectivity index (χ1v) is 10.1. The Balaban J connectivity index is 1.61. The van der Waals surface area contributed by atoms with Gasteiger partial charge in [0.25, 0.3) is 0 Å². The van der Waals surface area contributed by atoms with Gasteiger partial charge in [-0.3, -0.25) is 4.90 Å². The molecule has 2 rings (SSSR count). The van der Waals surface area contributed by atoms with Crippen LogP contribution in [-0.4, -0.2) is 60.8 Å². The van der Waals surface area contributed by atoms with Crippen LogP contribution in [0.3, 0.4) is 0 Å². The van der Waals surface area contributed by atoms with E-state index in [1.807, 2.05) is 0 Å². The molecule has 3 nitrogen and oxygen atoms in total. The molecule has 1 unspecified atom stereocenters. The molecular formula is C20H40N2O. The molecule has 3 heteroatoms. The Morgan fingerprint density at radius 2 is 1.48 bits per heavy atom. The van der Waals surface area contributed by atoms with Gasteiger partial charge < -0.3 is 9.64 Å². The van der Waals surface area contributed by atoms with Crippen LogP contribution in [0.25, 0.3) is 0 Å². The molecule has 1 saturated heterocycles. The molecule has 0 bridgehead atoms. The van der Waals surface area contributed by atoms with Crippen molar-refractivity contribution in [2.24, 2.45) is 11.8 Å². The molecule has 1 saturated carbocycles. The second-order valence-corrected chi connectivity index (χ2v) is 8.60. The van der Waals surface area contributed by atoms with E-state index in [1.54, 1.807) is 0 Å². The van der Waals surface area contributed by atoms with Crippen molar-refractivity contribution in [2.45, 2.75) is 85.0 Å². The fourth-order valence-corrected chi connectivity index (χ4v) is 4.44. The van der Waals surface area contributed by atoms with Gasteiger partial charge in [-0.1, -0.05) is 6.92 Å². The third-order valence-electron chi connectivity index (χ3n) is 5.70. The highest BCUT2D eigenvalue weighted by Crippen LogP contribution is 2.31. The molecule has 23 heavy (non-hydrogen) atoms. The van der Waals surface area contributed by atoms with Crippen LogP contribution in [0.1, 0.15) is 66.7 Å². The van der Waals surface area contributed by atoms with E-state index in [0.717, 1.165) is 11.8 Å². The van der Waals surface area contributed by atoms with Gasteiger partial charge in [-0.25, -0.2) is 0 Å². The minimum atomic E-state index is 0.389. The summed E-state index contributed by atoms with van der Waals surface area (Å²) >= 11 is 0. The van der Waals surface area contributed by atoms with Gasteiger partial charge in [-0.15, -0.1) is 0 Å². The lowest BCUT2D eigenvalue weighted by atomic mass is 9.82.